The van der Waals surface area contributed by atoms with E-state index in [1.807, 2.05) is 13.8 Å². The number of alkyl halides is 2. The van der Waals surface area contributed by atoms with E-state index in [0.717, 1.165) is 5.56 Å². The SMILES string of the molecule is COc1ccc(CC(F)(F)C(=O)O)cc1C(C)C. The Balaban J connectivity index is 3.06. The Labute approximate surface area is 104 Å². The van der Waals surface area contributed by atoms with E-state index >= 15 is 0 Å². The average molecular weight is 258 g/mol. The lowest BCUT2D eigenvalue weighted by Crippen LogP contribution is -2.30. The number of aliphatic carboxylic acids is 1. The van der Waals surface area contributed by atoms with E-state index in [1.54, 1.807) is 12.1 Å². The van der Waals surface area contributed by atoms with Crippen LogP contribution < -0.4 is 4.74 Å². The van der Waals surface area contributed by atoms with E-state index in [0.29, 0.717) is 5.75 Å². The van der Waals surface area contributed by atoms with Crippen molar-refractivity contribution in [3.63, 3.8) is 0 Å². The van der Waals surface area contributed by atoms with Crippen molar-refractivity contribution in [3.05, 3.63) is 29.3 Å². The number of hydrogen-bond donors (Lipinski definition) is 1. The van der Waals surface area contributed by atoms with Crippen molar-refractivity contribution in [2.45, 2.75) is 32.1 Å². The van der Waals surface area contributed by atoms with Crippen LogP contribution in [0.3, 0.4) is 0 Å². The van der Waals surface area contributed by atoms with Gasteiger partial charge in [-0.05, 0) is 23.1 Å². The maximum atomic E-state index is 13.1. The van der Waals surface area contributed by atoms with Gasteiger partial charge in [0.05, 0.1) is 7.11 Å². The van der Waals surface area contributed by atoms with Gasteiger partial charge in [0.25, 0.3) is 0 Å². The fourth-order valence-electron chi connectivity index (χ4n) is 1.68. The molecule has 1 rings (SSSR count). The van der Waals surface area contributed by atoms with Crippen molar-refractivity contribution in [2.24, 2.45) is 0 Å². The monoisotopic (exact) mass is 258 g/mol. The Morgan fingerprint density at radius 3 is 2.50 bits per heavy atom. The molecule has 0 fully saturated rings. The fraction of sp³-hybridized carbons (Fsp3) is 0.462. The van der Waals surface area contributed by atoms with Crippen LogP contribution in [0.4, 0.5) is 8.78 Å². The second-order valence-electron chi connectivity index (χ2n) is 4.42. The summed E-state index contributed by atoms with van der Waals surface area (Å²) in [6.07, 6.45) is -0.813. The number of ether oxygens (including phenoxy) is 1. The summed E-state index contributed by atoms with van der Waals surface area (Å²) in [7, 11) is 1.51. The number of rotatable bonds is 5. The average Bonchev–Trinajstić information content (AvgIpc) is 2.28. The Bertz CT molecular complexity index is 442. The Morgan fingerprint density at radius 1 is 1.44 bits per heavy atom. The van der Waals surface area contributed by atoms with Gasteiger partial charge in [-0.2, -0.15) is 8.78 Å². The third-order valence-electron chi connectivity index (χ3n) is 2.66. The number of carboxylic acids is 1. The molecule has 0 saturated carbocycles. The standard InChI is InChI=1S/C13H16F2O3/c1-8(2)10-6-9(4-5-11(10)18-3)7-13(14,15)12(16)17/h4-6,8H,7H2,1-3H3,(H,16,17). The van der Waals surface area contributed by atoms with E-state index in [4.69, 9.17) is 9.84 Å². The van der Waals surface area contributed by atoms with Crippen LogP contribution in [-0.4, -0.2) is 24.1 Å². The number of hydrogen-bond acceptors (Lipinski definition) is 2. The molecule has 0 amide bonds. The van der Waals surface area contributed by atoms with Crippen LogP contribution in [0.15, 0.2) is 18.2 Å². The normalized spacial score (nSPS) is 11.7. The van der Waals surface area contributed by atoms with Crippen LogP contribution in [0.2, 0.25) is 0 Å². The van der Waals surface area contributed by atoms with Crippen LogP contribution in [0.25, 0.3) is 0 Å². The first kappa shape index (κ1) is 14.4. The molecule has 0 aliphatic rings. The van der Waals surface area contributed by atoms with Gasteiger partial charge in [0, 0.05) is 6.42 Å². The zero-order valence-corrected chi connectivity index (χ0v) is 10.5. The molecule has 0 saturated heterocycles. The number of halogens is 2. The van der Waals surface area contributed by atoms with Crippen molar-refractivity contribution in [3.8, 4) is 5.75 Å². The Morgan fingerprint density at radius 2 is 2.06 bits per heavy atom. The van der Waals surface area contributed by atoms with Crippen molar-refractivity contribution in [2.75, 3.05) is 7.11 Å². The zero-order chi connectivity index (χ0) is 13.9. The van der Waals surface area contributed by atoms with Gasteiger partial charge in [-0.25, -0.2) is 4.79 Å². The summed E-state index contributed by atoms with van der Waals surface area (Å²) in [5.41, 5.74) is 1.07. The predicted octanol–water partition coefficient (Wildman–Crippen LogP) is 3.08. The van der Waals surface area contributed by atoms with E-state index < -0.39 is 18.3 Å². The molecular weight excluding hydrogens is 242 g/mol. The Hall–Kier alpha value is -1.65. The molecule has 0 heterocycles. The molecule has 1 aromatic carbocycles. The number of carbonyl (C=O) groups is 1. The first-order valence-corrected chi connectivity index (χ1v) is 5.56. The number of carboxylic acid groups (broad SMARTS) is 1. The highest BCUT2D eigenvalue weighted by atomic mass is 19.3. The molecule has 0 aromatic heterocycles. The van der Waals surface area contributed by atoms with Crippen LogP contribution in [0, 0.1) is 0 Å². The lowest BCUT2D eigenvalue weighted by atomic mass is 9.97. The van der Waals surface area contributed by atoms with Crippen molar-refractivity contribution < 1.29 is 23.4 Å². The first-order valence-electron chi connectivity index (χ1n) is 5.56. The maximum Gasteiger partial charge on any atom is 0.374 e. The summed E-state index contributed by atoms with van der Waals surface area (Å²) in [5.74, 6) is -5.13. The molecule has 5 heteroatoms. The summed E-state index contributed by atoms with van der Waals surface area (Å²) in [4.78, 5) is 10.4. The van der Waals surface area contributed by atoms with E-state index in [1.165, 1.54) is 13.2 Å². The summed E-state index contributed by atoms with van der Waals surface area (Å²) in [5, 5.41) is 8.41. The van der Waals surface area contributed by atoms with Crippen LogP contribution in [0.5, 0.6) is 5.75 Å². The van der Waals surface area contributed by atoms with Crippen molar-refractivity contribution >= 4 is 5.97 Å². The van der Waals surface area contributed by atoms with E-state index in [9.17, 15) is 13.6 Å². The highest BCUT2D eigenvalue weighted by Crippen LogP contribution is 2.29. The third kappa shape index (κ3) is 3.18. The van der Waals surface area contributed by atoms with Gasteiger partial charge in [0.1, 0.15) is 5.75 Å². The van der Waals surface area contributed by atoms with E-state index in [-0.39, 0.29) is 11.5 Å². The minimum absolute atomic E-state index is 0.110. The molecular formula is C13H16F2O3. The number of benzene rings is 1. The van der Waals surface area contributed by atoms with Crippen LogP contribution >= 0.6 is 0 Å². The predicted molar refractivity (Wildman–Crippen MR) is 63.4 cm³/mol. The van der Waals surface area contributed by atoms with Gasteiger partial charge in [-0.3, -0.25) is 0 Å². The molecule has 3 nitrogen and oxygen atoms in total. The minimum Gasteiger partial charge on any atom is -0.496 e. The maximum absolute atomic E-state index is 13.1. The smallest absolute Gasteiger partial charge is 0.374 e. The van der Waals surface area contributed by atoms with Gasteiger partial charge in [-0.1, -0.05) is 26.0 Å². The summed E-state index contributed by atoms with van der Waals surface area (Å²) in [6, 6.07) is 4.62. The molecule has 0 bridgehead atoms. The Kier molecular flexibility index (Phi) is 4.27. The molecule has 1 aromatic rings. The van der Waals surface area contributed by atoms with Gasteiger partial charge >= 0.3 is 11.9 Å². The molecule has 0 unspecified atom stereocenters. The molecule has 18 heavy (non-hydrogen) atoms. The molecule has 0 aliphatic heterocycles. The molecule has 0 radical (unpaired) electrons. The first-order chi connectivity index (χ1) is 8.27. The fourth-order valence-corrected chi connectivity index (χ4v) is 1.68. The minimum atomic E-state index is -3.75. The quantitative estimate of drug-likeness (QED) is 0.882. The second kappa shape index (κ2) is 5.33. The number of methoxy groups -OCH3 is 1. The summed E-state index contributed by atoms with van der Waals surface area (Å²) in [6.45, 7) is 3.83. The van der Waals surface area contributed by atoms with Crippen LogP contribution in [0.1, 0.15) is 30.9 Å². The summed E-state index contributed by atoms with van der Waals surface area (Å²) < 4.78 is 31.4. The van der Waals surface area contributed by atoms with Crippen LogP contribution in [-0.2, 0) is 11.2 Å². The van der Waals surface area contributed by atoms with Gasteiger partial charge in [0.15, 0.2) is 0 Å². The zero-order valence-electron chi connectivity index (χ0n) is 10.5. The lowest BCUT2D eigenvalue weighted by molar-refractivity contribution is -0.164. The lowest BCUT2D eigenvalue weighted by Gasteiger charge is -2.15. The third-order valence-corrected chi connectivity index (χ3v) is 2.66. The van der Waals surface area contributed by atoms with E-state index in [2.05, 4.69) is 0 Å². The van der Waals surface area contributed by atoms with Gasteiger partial charge in [-0.15, -0.1) is 0 Å². The van der Waals surface area contributed by atoms with Crippen molar-refractivity contribution in [1.29, 1.82) is 0 Å². The molecule has 1 N–H and O–H groups in total. The molecule has 100 valence electrons. The highest BCUT2D eigenvalue weighted by Gasteiger charge is 2.38. The van der Waals surface area contributed by atoms with Gasteiger partial charge in [0.2, 0.25) is 0 Å². The second-order valence-corrected chi connectivity index (χ2v) is 4.42. The molecule has 0 spiro atoms. The molecule has 0 atom stereocenters. The summed E-state index contributed by atoms with van der Waals surface area (Å²) >= 11 is 0. The van der Waals surface area contributed by atoms with Gasteiger partial charge < -0.3 is 9.84 Å². The highest BCUT2D eigenvalue weighted by molar-refractivity contribution is 5.75. The van der Waals surface area contributed by atoms with Crippen molar-refractivity contribution in [1.82, 2.24) is 0 Å². The topological polar surface area (TPSA) is 46.5 Å². The largest absolute Gasteiger partial charge is 0.496 e. The molecule has 0 aliphatic carbocycles.